The Morgan fingerprint density at radius 2 is 2.04 bits per heavy atom. The molecule has 1 aromatic carbocycles. The highest BCUT2D eigenvalue weighted by atomic mass is 16.5. The summed E-state index contributed by atoms with van der Waals surface area (Å²) in [6.07, 6.45) is 5.50. The first-order chi connectivity index (χ1) is 12.1. The molecule has 132 valence electrons. The third kappa shape index (κ3) is 4.07. The number of carbonyl (C=O) groups excluding carboxylic acids is 2. The van der Waals surface area contributed by atoms with Gasteiger partial charge in [0.15, 0.2) is 0 Å². The van der Waals surface area contributed by atoms with Crippen molar-refractivity contribution in [2.45, 2.75) is 38.3 Å². The molecule has 6 nitrogen and oxygen atoms in total. The van der Waals surface area contributed by atoms with Crippen LogP contribution in [0.1, 0.15) is 35.7 Å². The highest BCUT2D eigenvalue weighted by molar-refractivity contribution is 5.97. The van der Waals surface area contributed by atoms with Gasteiger partial charge in [-0.1, -0.05) is 30.3 Å². The monoisotopic (exact) mass is 341 g/mol. The fourth-order valence-electron chi connectivity index (χ4n) is 2.97. The highest BCUT2D eigenvalue weighted by Gasteiger charge is 2.41. The number of esters is 1. The van der Waals surface area contributed by atoms with Crippen molar-refractivity contribution in [3.05, 3.63) is 53.9 Å². The van der Waals surface area contributed by atoms with Gasteiger partial charge >= 0.3 is 5.97 Å². The molecule has 3 rings (SSSR count). The van der Waals surface area contributed by atoms with E-state index in [2.05, 4.69) is 5.10 Å². The summed E-state index contributed by atoms with van der Waals surface area (Å²) in [6, 6.07) is 9.19. The summed E-state index contributed by atoms with van der Waals surface area (Å²) >= 11 is 0. The van der Waals surface area contributed by atoms with Crippen molar-refractivity contribution < 1.29 is 14.3 Å². The van der Waals surface area contributed by atoms with Gasteiger partial charge in [-0.3, -0.25) is 9.48 Å². The topological polar surface area (TPSA) is 64.4 Å². The molecule has 0 saturated heterocycles. The lowest BCUT2D eigenvalue weighted by molar-refractivity contribution is -0.148. The number of nitrogens with zero attached hydrogens (tertiary/aromatic N) is 3. The first-order valence-electron chi connectivity index (χ1n) is 8.62. The summed E-state index contributed by atoms with van der Waals surface area (Å²) in [6.45, 7) is 2.07. The standard InChI is InChI=1S/C19H23N3O3/c1-3-25-19(24)17(11-14-7-5-4-6-8-14)22(16-9-10-16)18(23)15-12-20-21(2)13-15/h4-8,12-13,16-17H,3,9-11H2,1-2H3/t17-/m1/s1. The summed E-state index contributed by atoms with van der Waals surface area (Å²) in [5.41, 5.74) is 1.50. The number of rotatable bonds is 7. The lowest BCUT2D eigenvalue weighted by Gasteiger charge is -2.30. The van der Waals surface area contributed by atoms with Gasteiger partial charge in [0.1, 0.15) is 6.04 Å². The van der Waals surface area contributed by atoms with Crippen molar-refractivity contribution >= 4 is 11.9 Å². The van der Waals surface area contributed by atoms with E-state index < -0.39 is 6.04 Å². The smallest absolute Gasteiger partial charge is 0.329 e. The lowest BCUT2D eigenvalue weighted by Crippen LogP contribution is -2.48. The second-order valence-corrected chi connectivity index (χ2v) is 6.30. The number of hydrogen-bond donors (Lipinski definition) is 0. The average Bonchev–Trinajstić information content (AvgIpc) is 3.35. The fourth-order valence-corrected chi connectivity index (χ4v) is 2.97. The van der Waals surface area contributed by atoms with Gasteiger partial charge in [0, 0.05) is 25.7 Å². The van der Waals surface area contributed by atoms with E-state index in [9.17, 15) is 9.59 Å². The predicted octanol–water partition coefficient (Wildman–Crippen LogP) is 2.20. The number of ether oxygens (including phenoxy) is 1. The molecular formula is C19H23N3O3. The minimum atomic E-state index is -0.623. The second-order valence-electron chi connectivity index (χ2n) is 6.30. The SMILES string of the molecule is CCOC(=O)[C@@H](Cc1ccccc1)N(C(=O)c1cnn(C)c1)C1CC1. The molecule has 0 unspecified atom stereocenters. The minimum absolute atomic E-state index is 0.0887. The molecule has 2 aromatic rings. The number of hydrogen-bond acceptors (Lipinski definition) is 4. The first-order valence-corrected chi connectivity index (χ1v) is 8.62. The van der Waals surface area contributed by atoms with E-state index in [1.165, 1.54) is 0 Å². The van der Waals surface area contributed by atoms with E-state index >= 15 is 0 Å². The zero-order chi connectivity index (χ0) is 17.8. The maximum Gasteiger partial charge on any atom is 0.329 e. The molecule has 0 N–H and O–H groups in total. The normalized spacial score (nSPS) is 14.8. The zero-order valence-corrected chi connectivity index (χ0v) is 14.6. The summed E-state index contributed by atoms with van der Waals surface area (Å²) in [7, 11) is 1.77. The molecule has 1 fully saturated rings. The van der Waals surface area contributed by atoms with Gasteiger partial charge in [0.25, 0.3) is 5.91 Å². The Morgan fingerprint density at radius 3 is 2.60 bits per heavy atom. The van der Waals surface area contributed by atoms with Gasteiger partial charge in [-0.2, -0.15) is 5.10 Å². The molecule has 0 radical (unpaired) electrons. The summed E-state index contributed by atoms with van der Waals surface area (Å²) in [5.74, 6) is -0.514. The Morgan fingerprint density at radius 1 is 1.32 bits per heavy atom. The van der Waals surface area contributed by atoms with Crippen LogP contribution in [0.5, 0.6) is 0 Å². The molecule has 1 amide bonds. The molecule has 1 aliphatic rings. The Labute approximate surface area is 147 Å². The molecule has 0 bridgehead atoms. The number of aromatic nitrogens is 2. The molecule has 1 atom stereocenters. The minimum Gasteiger partial charge on any atom is -0.464 e. The first kappa shape index (κ1) is 17.2. The van der Waals surface area contributed by atoms with Crippen LogP contribution in [0.25, 0.3) is 0 Å². The van der Waals surface area contributed by atoms with Crippen molar-refractivity contribution in [2.75, 3.05) is 6.61 Å². The Bertz CT molecular complexity index is 737. The third-order valence-electron chi connectivity index (χ3n) is 4.29. The number of aryl methyl sites for hydroxylation is 1. The fraction of sp³-hybridized carbons (Fsp3) is 0.421. The third-order valence-corrected chi connectivity index (χ3v) is 4.29. The van der Waals surface area contributed by atoms with Crippen LogP contribution in [0.3, 0.4) is 0 Å². The van der Waals surface area contributed by atoms with Crippen LogP contribution in [0.15, 0.2) is 42.7 Å². The van der Waals surface area contributed by atoms with Crippen LogP contribution < -0.4 is 0 Å². The number of benzene rings is 1. The van der Waals surface area contributed by atoms with Crippen molar-refractivity contribution in [1.82, 2.24) is 14.7 Å². The molecule has 6 heteroatoms. The maximum atomic E-state index is 13.0. The molecule has 1 heterocycles. The highest BCUT2D eigenvalue weighted by Crippen LogP contribution is 2.31. The molecule has 0 aliphatic heterocycles. The predicted molar refractivity (Wildman–Crippen MR) is 93.0 cm³/mol. The van der Waals surface area contributed by atoms with Gasteiger partial charge < -0.3 is 9.64 Å². The van der Waals surface area contributed by atoms with Crippen LogP contribution in [0, 0.1) is 0 Å². The van der Waals surface area contributed by atoms with Crippen LogP contribution in [-0.2, 0) is 23.0 Å². The number of carbonyl (C=O) groups is 2. The van der Waals surface area contributed by atoms with E-state index in [0.29, 0.717) is 18.6 Å². The summed E-state index contributed by atoms with van der Waals surface area (Å²) in [4.78, 5) is 27.4. The zero-order valence-electron chi connectivity index (χ0n) is 14.6. The molecule has 25 heavy (non-hydrogen) atoms. The number of amides is 1. The van der Waals surface area contributed by atoms with Gasteiger partial charge in [-0.25, -0.2) is 4.79 Å². The van der Waals surface area contributed by atoms with Crippen molar-refractivity contribution in [2.24, 2.45) is 7.05 Å². The van der Waals surface area contributed by atoms with Crippen LogP contribution >= 0.6 is 0 Å². The Kier molecular flexibility index (Phi) is 5.16. The second kappa shape index (κ2) is 7.51. The molecular weight excluding hydrogens is 318 g/mol. The molecule has 1 aromatic heterocycles. The average molecular weight is 341 g/mol. The van der Waals surface area contributed by atoms with Crippen LogP contribution in [0.2, 0.25) is 0 Å². The van der Waals surface area contributed by atoms with Gasteiger partial charge in [-0.15, -0.1) is 0 Å². The van der Waals surface area contributed by atoms with E-state index in [0.717, 1.165) is 18.4 Å². The largest absolute Gasteiger partial charge is 0.464 e. The van der Waals surface area contributed by atoms with E-state index in [1.54, 1.807) is 35.9 Å². The molecule has 1 saturated carbocycles. The van der Waals surface area contributed by atoms with Gasteiger partial charge in [0.2, 0.25) is 0 Å². The quantitative estimate of drug-likeness (QED) is 0.724. The van der Waals surface area contributed by atoms with E-state index in [1.807, 2.05) is 30.3 Å². The van der Waals surface area contributed by atoms with E-state index in [4.69, 9.17) is 4.74 Å². The van der Waals surface area contributed by atoms with Gasteiger partial charge in [0.05, 0.1) is 18.4 Å². The summed E-state index contributed by atoms with van der Waals surface area (Å²) in [5, 5.41) is 4.08. The van der Waals surface area contributed by atoms with E-state index in [-0.39, 0.29) is 17.9 Å². The lowest BCUT2D eigenvalue weighted by atomic mass is 10.0. The molecule has 1 aliphatic carbocycles. The Balaban J connectivity index is 1.89. The molecule has 0 spiro atoms. The maximum absolute atomic E-state index is 13.0. The van der Waals surface area contributed by atoms with Gasteiger partial charge in [-0.05, 0) is 25.3 Å². The van der Waals surface area contributed by atoms with Crippen LogP contribution in [-0.4, -0.2) is 45.2 Å². The van der Waals surface area contributed by atoms with Crippen molar-refractivity contribution in [3.8, 4) is 0 Å². The van der Waals surface area contributed by atoms with Crippen molar-refractivity contribution in [1.29, 1.82) is 0 Å². The van der Waals surface area contributed by atoms with Crippen molar-refractivity contribution in [3.63, 3.8) is 0 Å². The Hall–Kier alpha value is -2.63. The van der Waals surface area contributed by atoms with Crippen LogP contribution in [0.4, 0.5) is 0 Å². The summed E-state index contributed by atoms with van der Waals surface area (Å²) < 4.78 is 6.86.